The van der Waals surface area contributed by atoms with Crippen molar-refractivity contribution in [3.8, 4) is 5.75 Å². The van der Waals surface area contributed by atoms with Gasteiger partial charge in [-0.3, -0.25) is 0 Å². The van der Waals surface area contributed by atoms with E-state index < -0.39 is 0 Å². The van der Waals surface area contributed by atoms with Crippen LogP contribution in [0, 0.1) is 5.92 Å². The van der Waals surface area contributed by atoms with E-state index in [4.69, 9.17) is 16.3 Å². The lowest BCUT2D eigenvalue weighted by Crippen LogP contribution is -2.55. The Balaban J connectivity index is 0.00000140. The SMILES string of the molecule is Cl.Cl.Clc1ccccc1COc1ccc(Br)cc1CNC1CN2CCC1CC2. The van der Waals surface area contributed by atoms with Crippen LogP contribution in [0.4, 0.5) is 0 Å². The van der Waals surface area contributed by atoms with Gasteiger partial charge in [-0.15, -0.1) is 24.8 Å². The van der Waals surface area contributed by atoms with Crippen LogP contribution >= 0.6 is 52.3 Å². The molecule has 0 spiro atoms. The number of fused-ring (bicyclic) bond motifs is 3. The summed E-state index contributed by atoms with van der Waals surface area (Å²) in [6.45, 7) is 5.02. The standard InChI is InChI=1S/C21H24BrClN2O.2ClH/c22-18-5-6-21(26-14-16-3-1-2-4-19(16)23)17(11-18)12-24-20-13-25-9-7-15(20)8-10-25;;/h1-6,11,15,20,24H,7-10,12-14H2;2*1H. The van der Waals surface area contributed by atoms with Gasteiger partial charge in [-0.1, -0.05) is 45.7 Å². The van der Waals surface area contributed by atoms with Crippen LogP contribution in [-0.2, 0) is 13.2 Å². The van der Waals surface area contributed by atoms with E-state index >= 15 is 0 Å². The number of halogens is 4. The van der Waals surface area contributed by atoms with Crippen LogP contribution in [0.1, 0.15) is 24.0 Å². The van der Waals surface area contributed by atoms with Crippen molar-refractivity contribution >= 4 is 52.3 Å². The normalized spacial score (nSPS) is 22.9. The maximum absolute atomic E-state index is 6.25. The molecule has 3 saturated heterocycles. The highest BCUT2D eigenvalue weighted by Gasteiger charge is 2.33. The number of ether oxygens (including phenoxy) is 1. The van der Waals surface area contributed by atoms with Crippen molar-refractivity contribution in [3.63, 3.8) is 0 Å². The summed E-state index contributed by atoms with van der Waals surface area (Å²) in [5.74, 6) is 1.74. The Morgan fingerprint density at radius 3 is 2.50 bits per heavy atom. The van der Waals surface area contributed by atoms with Crippen molar-refractivity contribution in [2.75, 3.05) is 19.6 Å². The Morgan fingerprint density at radius 1 is 1.07 bits per heavy atom. The molecule has 0 aliphatic carbocycles. The number of nitrogens with one attached hydrogen (secondary N) is 1. The molecule has 2 aromatic rings. The van der Waals surface area contributed by atoms with E-state index in [0.29, 0.717) is 12.6 Å². The van der Waals surface area contributed by atoms with Gasteiger partial charge in [0.1, 0.15) is 12.4 Å². The molecule has 2 aromatic carbocycles. The smallest absolute Gasteiger partial charge is 0.124 e. The summed E-state index contributed by atoms with van der Waals surface area (Å²) in [6, 6.07) is 14.6. The van der Waals surface area contributed by atoms with Gasteiger partial charge < -0.3 is 15.0 Å². The molecule has 5 rings (SSSR count). The van der Waals surface area contributed by atoms with Gasteiger partial charge in [-0.05, 0) is 56.1 Å². The van der Waals surface area contributed by atoms with E-state index in [9.17, 15) is 0 Å². The number of nitrogens with zero attached hydrogens (tertiary/aromatic N) is 1. The number of piperidine rings is 3. The quantitative estimate of drug-likeness (QED) is 0.541. The second kappa shape index (κ2) is 11.1. The lowest BCUT2D eigenvalue weighted by molar-refractivity contribution is 0.0718. The number of rotatable bonds is 6. The molecule has 3 heterocycles. The highest BCUT2D eigenvalue weighted by Crippen LogP contribution is 2.29. The van der Waals surface area contributed by atoms with Crippen molar-refractivity contribution in [1.29, 1.82) is 0 Å². The van der Waals surface area contributed by atoms with Gasteiger partial charge in [0.05, 0.1) is 0 Å². The Hall–Kier alpha value is -0.490. The largest absolute Gasteiger partial charge is 0.489 e. The van der Waals surface area contributed by atoms with Crippen molar-refractivity contribution in [2.45, 2.75) is 32.0 Å². The molecular formula is C21H26BrCl3N2O. The van der Waals surface area contributed by atoms with Gasteiger partial charge in [0.25, 0.3) is 0 Å². The maximum Gasteiger partial charge on any atom is 0.124 e. The maximum atomic E-state index is 6.25. The fourth-order valence-corrected chi connectivity index (χ4v) is 4.63. The van der Waals surface area contributed by atoms with E-state index in [0.717, 1.165) is 33.3 Å². The van der Waals surface area contributed by atoms with Crippen LogP contribution in [0.3, 0.4) is 0 Å². The van der Waals surface area contributed by atoms with Crippen LogP contribution < -0.4 is 10.1 Å². The summed E-state index contributed by atoms with van der Waals surface area (Å²) in [6.07, 6.45) is 2.65. The molecule has 0 radical (unpaired) electrons. The lowest BCUT2D eigenvalue weighted by atomic mass is 9.84. The zero-order valence-electron chi connectivity index (χ0n) is 15.6. The molecule has 3 aliphatic rings. The predicted molar refractivity (Wildman–Crippen MR) is 124 cm³/mol. The fourth-order valence-electron chi connectivity index (χ4n) is 4.04. The van der Waals surface area contributed by atoms with E-state index in [-0.39, 0.29) is 24.8 Å². The molecule has 28 heavy (non-hydrogen) atoms. The molecule has 1 atom stereocenters. The molecular weight excluding hydrogens is 483 g/mol. The van der Waals surface area contributed by atoms with Crippen LogP contribution in [0.25, 0.3) is 0 Å². The summed E-state index contributed by atoms with van der Waals surface area (Å²) < 4.78 is 7.18. The predicted octanol–water partition coefficient (Wildman–Crippen LogP) is 5.71. The average molecular weight is 509 g/mol. The Kier molecular flexibility index (Phi) is 9.39. The minimum absolute atomic E-state index is 0. The third kappa shape index (κ3) is 5.78. The van der Waals surface area contributed by atoms with Crippen molar-refractivity contribution < 1.29 is 4.74 Å². The second-order valence-electron chi connectivity index (χ2n) is 7.26. The van der Waals surface area contributed by atoms with Crippen LogP contribution in [-0.4, -0.2) is 30.6 Å². The van der Waals surface area contributed by atoms with Crippen molar-refractivity contribution in [1.82, 2.24) is 10.2 Å². The summed E-state index contributed by atoms with van der Waals surface area (Å²) in [5.41, 5.74) is 2.19. The molecule has 154 valence electrons. The third-order valence-electron chi connectivity index (χ3n) is 5.57. The summed E-state index contributed by atoms with van der Waals surface area (Å²) in [5, 5.41) is 4.52. The summed E-state index contributed by atoms with van der Waals surface area (Å²) >= 11 is 9.84. The number of hydrogen-bond donors (Lipinski definition) is 1. The van der Waals surface area contributed by atoms with Crippen molar-refractivity contribution in [2.24, 2.45) is 5.92 Å². The average Bonchev–Trinajstić information content (AvgIpc) is 2.68. The third-order valence-corrected chi connectivity index (χ3v) is 6.44. The van der Waals surface area contributed by atoms with Gasteiger partial charge in [0.15, 0.2) is 0 Å². The molecule has 7 heteroatoms. The topological polar surface area (TPSA) is 24.5 Å². The van der Waals surface area contributed by atoms with Gasteiger partial charge in [-0.2, -0.15) is 0 Å². The lowest BCUT2D eigenvalue weighted by Gasteiger charge is -2.45. The van der Waals surface area contributed by atoms with Gasteiger partial charge in [0.2, 0.25) is 0 Å². The van der Waals surface area contributed by atoms with Gasteiger partial charge in [0, 0.05) is 39.8 Å². The fraction of sp³-hybridized carbons (Fsp3) is 0.429. The Bertz CT molecular complexity index is 769. The molecule has 3 nitrogen and oxygen atoms in total. The van der Waals surface area contributed by atoms with Crippen LogP contribution in [0.5, 0.6) is 5.75 Å². The Morgan fingerprint density at radius 2 is 1.82 bits per heavy atom. The number of hydrogen-bond acceptors (Lipinski definition) is 3. The second-order valence-corrected chi connectivity index (χ2v) is 8.58. The van der Waals surface area contributed by atoms with Gasteiger partial charge in [-0.25, -0.2) is 0 Å². The molecule has 0 aromatic heterocycles. The molecule has 0 amide bonds. The first kappa shape index (κ1) is 23.8. The zero-order chi connectivity index (χ0) is 17.9. The Labute approximate surface area is 193 Å². The van der Waals surface area contributed by atoms with E-state index in [1.807, 2.05) is 36.4 Å². The highest BCUT2D eigenvalue weighted by molar-refractivity contribution is 9.10. The summed E-state index contributed by atoms with van der Waals surface area (Å²) in [4.78, 5) is 2.58. The van der Waals surface area contributed by atoms with Crippen LogP contribution in [0.2, 0.25) is 5.02 Å². The highest BCUT2D eigenvalue weighted by atomic mass is 79.9. The molecule has 3 fully saturated rings. The van der Waals surface area contributed by atoms with E-state index in [1.54, 1.807) is 0 Å². The molecule has 3 aliphatic heterocycles. The summed E-state index contributed by atoms with van der Waals surface area (Å²) in [7, 11) is 0. The number of benzene rings is 2. The first-order valence-corrected chi connectivity index (χ1v) is 10.5. The molecule has 0 saturated carbocycles. The minimum atomic E-state index is 0. The molecule has 1 unspecified atom stereocenters. The molecule has 2 bridgehead atoms. The molecule has 1 N–H and O–H groups in total. The minimum Gasteiger partial charge on any atom is -0.489 e. The van der Waals surface area contributed by atoms with E-state index in [1.165, 1.54) is 38.0 Å². The first-order valence-electron chi connectivity index (χ1n) is 9.29. The van der Waals surface area contributed by atoms with Crippen molar-refractivity contribution in [3.05, 3.63) is 63.1 Å². The first-order chi connectivity index (χ1) is 12.7. The zero-order valence-corrected chi connectivity index (χ0v) is 19.5. The van der Waals surface area contributed by atoms with Crippen LogP contribution in [0.15, 0.2) is 46.9 Å². The van der Waals surface area contributed by atoms with E-state index in [2.05, 4.69) is 32.2 Å². The van der Waals surface area contributed by atoms with Gasteiger partial charge >= 0.3 is 0 Å². The monoisotopic (exact) mass is 506 g/mol.